The molecule has 2 fully saturated rings. The summed E-state index contributed by atoms with van der Waals surface area (Å²) < 4.78 is 19.6. The number of rotatable bonds is 5. The fourth-order valence-corrected chi connectivity index (χ4v) is 5.68. The molecule has 0 aliphatic carbocycles. The molecule has 1 atom stereocenters. The largest absolute Gasteiger partial charge is 0.486 e. The zero-order chi connectivity index (χ0) is 23.8. The monoisotopic (exact) mass is 505 g/mol. The molecule has 6 rings (SSSR count). The van der Waals surface area contributed by atoms with Gasteiger partial charge in [0.15, 0.2) is 11.5 Å². The highest BCUT2D eigenvalue weighted by atomic mass is 32.2. The van der Waals surface area contributed by atoms with Gasteiger partial charge in [0.2, 0.25) is 0 Å². The van der Waals surface area contributed by atoms with E-state index in [-0.39, 0.29) is 12.0 Å². The minimum absolute atomic E-state index is 0.0472. The Kier molecular flexibility index (Phi) is 6.05. The van der Waals surface area contributed by atoms with Crippen LogP contribution in [0.25, 0.3) is 23.0 Å². The fourth-order valence-electron chi connectivity index (χ4n) is 4.41. The van der Waals surface area contributed by atoms with Crippen LogP contribution in [0.4, 0.5) is 0 Å². The molecule has 2 aromatic carbocycles. The van der Waals surface area contributed by atoms with Crippen LogP contribution in [0.2, 0.25) is 0 Å². The summed E-state index contributed by atoms with van der Waals surface area (Å²) in [5.74, 6) is 1.33. The summed E-state index contributed by atoms with van der Waals surface area (Å²) in [5.41, 5.74) is 3.38. The number of fused-ring (bicyclic) bond motifs is 1. The highest BCUT2D eigenvalue weighted by Gasteiger charge is 2.35. The number of thiocarbonyl (C=S) groups is 1. The molecule has 0 spiro atoms. The van der Waals surface area contributed by atoms with Gasteiger partial charge in [-0.05, 0) is 49.2 Å². The number of nitrogens with zero attached hydrogens (tertiary/aromatic N) is 3. The lowest BCUT2D eigenvalue weighted by atomic mass is 10.1. The van der Waals surface area contributed by atoms with Gasteiger partial charge in [0.1, 0.15) is 23.2 Å². The van der Waals surface area contributed by atoms with Gasteiger partial charge in [-0.2, -0.15) is 5.10 Å². The number of carbonyl (C=O) groups is 1. The van der Waals surface area contributed by atoms with Crippen molar-refractivity contribution in [1.82, 2.24) is 14.7 Å². The average molecular weight is 506 g/mol. The summed E-state index contributed by atoms with van der Waals surface area (Å²) in [4.78, 5) is 15.5. The van der Waals surface area contributed by atoms with E-state index in [1.54, 1.807) is 4.90 Å². The predicted molar refractivity (Wildman–Crippen MR) is 139 cm³/mol. The molecular weight excluding hydrogens is 482 g/mol. The number of aromatic nitrogens is 2. The predicted octanol–water partition coefficient (Wildman–Crippen LogP) is 4.69. The molecule has 0 radical (unpaired) electrons. The molecule has 1 amide bonds. The van der Waals surface area contributed by atoms with E-state index in [1.165, 1.54) is 11.8 Å². The molecule has 3 aliphatic rings. The third-order valence-electron chi connectivity index (χ3n) is 6.15. The second-order valence-corrected chi connectivity index (χ2v) is 10.2. The quantitative estimate of drug-likeness (QED) is 0.368. The molecular formula is C26H23N3O4S2. The first-order valence-electron chi connectivity index (χ1n) is 11.6. The van der Waals surface area contributed by atoms with Crippen LogP contribution in [0.5, 0.6) is 11.5 Å². The Labute approximate surface area is 212 Å². The van der Waals surface area contributed by atoms with E-state index in [9.17, 15) is 4.79 Å². The number of hydrogen-bond acceptors (Lipinski definition) is 7. The molecule has 7 nitrogen and oxygen atoms in total. The third kappa shape index (κ3) is 4.47. The van der Waals surface area contributed by atoms with E-state index in [2.05, 4.69) is 0 Å². The maximum absolute atomic E-state index is 13.3. The minimum Gasteiger partial charge on any atom is -0.486 e. The van der Waals surface area contributed by atoms with Crippen molar-refractivity contribution < 1.29 is 19.0 Å². The van der Waals surface area contributed by atoms with Gasteiger partial charge in [-0.25, -0.2) is 4.68 Å². The van der Waals surface area contributed by atoms with Gasteiger partial charge >= 0.3 is 0 Å². The van der Waals surface area contributed by atoms with Crippen LogP contribution in [-0.2, 0) is 9.53 Å². The summed E-state index contributed by atoms with van der Waals surface area (Å²) in [5, 5.41) is 4.88. The summed E-state index contributed by atoms with van der Waals surface area (Å²) in [6.07, 6.45) is 5.84. The van der Waals surface area contributed by atoms with Gasteiger partial charge in [0.05, 0.1) is 23.2 Å². The first-order valence-corrected chi connectivity index (χ1v) is 12.8. The third-order valence-corrected chi connectivity index (χ3v) is 7.53. The molecule has 0 N–H and O–H groups in total. The van der Waals surface area contributed by atoms with E-state index in [4.69, 9.17) is 31.5 Å². The van der Waals surface area contributed by atoms with Crippen molar-refractivity contribution in [1.29, 1.82) is 0 Å². The average Bonchev–Trinajstić information content (AvgIpc) is 3.62. The number of benzene rings is 2. The molecule has 9 heteroatoms. The molecule has 0 unspecified atom stereocenters. The SMILES string of the molecule is O=C1/C(=C/c2cn(-c3ccccc3)nc2-c2ccc3c(c2)OCCO3)SC(=S)N1C[C@@H]1CCCO1. The summed E-state index contributed by atoms with van der Waals surface area (Å²) >= 11 is 6.86. The lowest BCUT2D eigenvalue weighted by Crippen LogP contribution is -2.35. The zero-order valence-electron chi connectivity index (χ0n) is 18.9. The molecule has 178 valence electrons. The van der Waals surface area contributed by atoms with Crippen molar-refractivity contribution in [3.8, 4) is 28.4 Å². The second kappa shape index (κ2) is 9.49. The number of amides is 1. The molecule has 1 aromatic heterocycles. The van der Waals surface area contributed by atoms with Crippen molar-refractivity contribution in [2.75, 3.05) is 26.4 Å². The molecule has 3 aromatic rings. The lowest BCUT2D eigenvalue weighted by Gasteiger charge is -2.18. The Morgan fingerprint density at radius 2 is 1.91 bits per heavy atom. The Balaban J connectivity index is 1.38. The Bertz CT molecular complexity index is 1320. The highest BCUT2D eigenvalue weighted by Crippen LogP contribution is 2.38. The van der Waals surface area contributed by atoms with Crippen molar-refractivity contribution in [2.45, 2.75) is 18.9 Å². The van der Waals surface area contributed by atoms with Crippen molar-refractivity contribution in [3.05, 3.63) is 65.2 Å². The van der Waals surface area contributed by atoms with Crippen LogP contribution in [0.15, 0.2) is 59.6 Å². The number of thioether (sulfide) groups is 1. The molecule has 0 bridgehead atoms. The van der Waals surface area contributed by atoms with Gasteiger partial charge in [0.25, 0.3) is 5.91 Å². The summed E-state index contributed by atoms with van der Waals surface area (Å²) in [7, 11) is 0. The van der Waals surface area contributed by atoms with Crippen LogP contribution in [0, 0.1) is 0 Å². The standard InChI is InChI=1S/C26H23N3O4S2/c30-25-23(35-26(34)28(25)16-20-7-4-10-31-20)14-18-15-29(19-5-2-1-3-6-19)27-24(18)17-8-9-21-22(13-17)33-12-11-32-21/h1-3,5-6,8-9,13-15,20H,4,7,10-12,16H2/b23-14-/t20-/m0/s1. The molecule has 35 heavy (non-hydrogen) atoms. The van der Waals surface area contributed by atoms with Gasteiger partial charge < -0.3 is 14.2 Å². The van der Waals surface area contributed by atoms with Crippen molar-refractivity contribution in [2.24, 2.45) is 0 Å². The fraction of sp³-hybridized carbons (Fsp3) is 0.269. The summed E-state index contributed by atoms with van der Waals surface area (Å²) in [6, 6.07) is 15.7. The van der Waals surface area contributed by atoms with Crippen LogP contribution in [0.3, 0.4) is 0 Å². The number of hydrogen-bond donors (Lipinski definition) is 0. The van der Waals surface area contributed by atoms with Crippen LogP contribution in [-0.4, -0.2) is 57.4 Å². The molecule has 3 aliphatic heterocycles. The zero-order valence-corrected chi connectivity index (χ0v) is 20.5. The molecule has 2 saturated heterocycles. The van der Waals surface area contributed by atoms with E-state index in [0.717, 1.165) is 47.7 Å². The Hall–Kier alpha value is -3.14. The first kappa shape index (κ1) is 22.3. The van der Waals surface area contributed by atoms with E-state index in [0.29, 0.717) is 34.7 Å². The van der Waals surface area contributed by atoms with Gasteiger partial charge in [-0.15, -0.1) is 0 Å². The Morgan fingerprint density at radius 1 is 1.09 bits per heavy atom. The first-order chi connectivity index (χ1) is 17.2. The minimum atomic E-state index is -0.0870. The molecule has 4 heterocycles. The summed E-state index contributed by atoms with van der Waals surface area (Å²) in [6.45, 7) is 2.29. The van der Waals surface area contributed by atoms with E-state index >= 15 is 0 Å². The molecule has 0 saturated carbocycles. The maximum Gasteiger partial charge on any atom is 0.266 e. The van der Waals surface area contributed by atoms with Crippen LogP contribution < -0.4 is 9.47 Å². The number of para-hydroxylation sites is 1. The lowest BCUT2D eigenvalue weighted by molar-refractivity contribution is -0.123. The van der Waals surface area contributed by atoms with Gasteiger partial charge in [-0.3, -0.25) is 9.69 Å². The van der Waals surface area contributed by atoms with Gasteiger partial charge in [0, 0.05) is 23.9 Å². The van der Waals surface area contributed by atoms with E-state index in [1.807, 2.05) is 65.5 Å². The van der Waals surface area contributed by atoms with Crippen molar-refractivity contribution >= 4 is 40.3 Å². The van der Waals surface area contributed by atoms with Crippen molar-refractivity contribution in [3.63, 3.8) is 0 Å². The Morgan fingerprint density at radius 3 is 2.71 bits per heavy atom. The normalized spacial score (nSPS) is 20.7. The smallest absolute Gasteiger partial charge is 0.266 e. The number of carbonyl (C=O) groups excluding carboxylic acids is 1. The maximum atomic E-state index is 13.3. The second-order valence-electron chi connectivity index (χ2n) is 8.50. The number of ether oxygens (including phenoxy) is 3. The van der Waals surface area contributed by atoms with Gasteiger partial charge in [-0.1, -0.05) is 42.2 Å². The van der Waals surface area contributed by atoms with Crippen LogP contribution in [0.1, 0.15) is 18.4 Å². The highest BCUT2D eigenvalue weighted by molar-refractivity contribution is 8.26. The van der Waals surface area contributed by atoms with E-state index < -0.39 is 0 Å². The topological polar surface area (TPSA) is 65.8 Å². The van der Waals surface area contributed by atoms with Crippen LogP contribution >= 0.6 is 24.0 Å².